The number of nitrogens with zero attached hydrogens (tertiary/aromatic N) is 2. The fourth-order valence-electron chi connectivity index (χ4n) is 4.22. The first-order chi connectivity index (χ1) is 14.3. The van der Waals surface area contributed by atoms with Crippen LogP contribution in [0.25, 0.3) is 22.6 Å². The van der Waals surface area contributed by atoms with Gasteiger partial charge in [-0.15, -0.1) is 0 Å². The summed E-state index contributed by atoms with van der Waals surface area (Å²) in [5.41, 5.74) is 6.29. The van der Waals surface area contributed by atoms with Crippen molar-refractivity contribution in [1.82, 2.24) is 4.57 Å². The van der Waals surface area contributed by atoms with E-state index in [0.717, 1.165) is 34.3 Å². The third-order valence-corrected chi connectivity index (χ3v) is 5.59. The monoisotopic (exact) mass is 378 g/mol. The third kappa shape index (κ3) is 2.95. The Bertz CT molecular complexity index is 1230. The van der Waals surface area contributed by atoms with Crippen molar-refractivity contribution in [2.24, 2.45) is 0 Å². The summed E-state index contributed by atoms with van der Waals surface area (Å²) in [5.74, 6) is 0.0774. The summed E-state index contributed by atoms with van der Waals surface area (Å²) >= 11 is 0. The number of fused-ring (bicyclic) bond motifs is 2. The first-order valence-corrected chi connectivity index (χ1v) is 10.0. The Kier molecular flexibility index (Phi) is 4.28. The zero-order chi connectivity index (χ0) is 19.8. The maximum Gasteiger partial charge on any atom is 0.258 e. The van der Waals surface area contributed by atoms with Gasteiger partial charge in [0.15, 0.2) is 0 Å². The SMILES string of the molecule is CCN1C(=O)/C(=C\c2cn(Cc3ccccc3)c3ccccc23)c2ccccc21. The highest BCUT2D eigenvalue weighted by atomic mass is 16.2. The molecule has 3 heteroatoms. The van der Waals surface area contributed by atoms with Gasteiger partial charge in [0.25, 0.3) is 5.91 Å². The van der Waals surface area contributed by atoms with Gasteiger partial charge >= 0.3 is 0 Å². The van der Waals surface area contributed by atoms with Crippen LogP contribution in [0, 0.1) is 0 Å². The van der Waals surface area contributed by atoms with E-state index in [2.05, 4.69) is 65.4 Å². The molecule has 0 bridgehead atoms. The van der Waals surface area contributed by atoms with E-state index in [1.807, 2.05) is 42.2 Å². The van der Waals surface area contributed by atoms with E-state index in [9.17, 15) is 4.79 Å². The van der Waals surface area contributed by atoms with Gasteiger partial charge in [-0.2, -0.15) is 0 Å². The molecule has 1 amide bonds. The maximum absolute atomic E-state index is 13.1. The molecule has 5 rings (SSSR count). The molecule has 29 heavy (non-hydrogen) atoms. The van der Waals surface area contributed by atoms with Crippen molar-refractivity contribution in [2.45, 2.75) is 13.5 Å². The molecule has 0 saturated heterocycles. The number of aromatic nitrogens is 1. The number of amides is 1. The summed E-state index contributed by atoms with van der Waals surface area (Å²) in [6.07, 6.45) is 4.22. The molecule has 0 N–H and O–H groups in total. The van der Waals surface area contributed by atoms with Crippen molar-refractivity contribution in [3.8, 4) is 0 Å². The second-order valence-electron chi connectivity index (χ2n) is 7.34. The fourth-order valence-corrected chi connectivity index (χ4v) is 4.22. The molecule has 0 fully saturated rings. The average Bonchev–Trinajstić information content (AvgIpc) is 3.24. The molecule has 2 heterocycles. The van der Waals surface area contributed by atoms with Crippen LogP contribution in [-0.2, 0) is 11.3 Å². The number of carbonyl (C=O) groups is 1. The van der Waals surface area contributed by atoms with E-state index in [1.54, 1.807) is 0 Å². The molecule has 0 aliphatic carbocycles. The number of benzene rings is 3. The fraction of sp³-hybridized carbons (Fsp3) is 0.115. The molecule has 4 aromatic rings. The molecule has 1 aliphatic rings. The molecule has 3 aromatic carbocycles. The lowest BCUT2D eigenvalue weighted by atomic mass is 10.0. The van der Waals surface area contributed by atoms with Crippen LogP contribution in [0.1, 0.15) is 23.6 Å². The minimum Gasteiger partial charge on any atom is -0.342 e. The molecular formula is C26H22N2O. The third-order valence-electron chi connectivity index (χ3n) is 5.59. The Labute approximate surface area is 170 Å². The predicted molar refractivity (Wildman–Crippen MR) is 120 cm³/mol. The summed E-state index contributed by atoms with van der Waals surface area (Å²) in [4.78, 5) is 14.9. The number of anilines is 1. The molecule has 0 unspecified atom stereocenters. The minimum absolute atomic E-state index is 0.0774. The van der Waals surface area contributed by atoms with E-state index in [4.69, 9.17) is 0 Å². The summed E-state index contributed by atoms with van der Waals surface area (Å²) in [7, 11) is 0. The lowest BCUT2D eigenvalue weighted by molar-refractivity contribution is -0.112. The van der Waals surface area contributed by atoms with E-state index in [-0.39, 0.29) is 5.91 Å². The van der Waals surface area contributed by atoms with Gasteiger partial charge in [0.2, 0.25) is 0 Å². The van der Waals surface area contributed by atoms with Gasteiger partial charge < -0.3 is 9.47 Å². The first kappa shape index (κ1) is 17.5. The van der Waals surface area contributed by atoms with E-state index >= 15 is 0 Å². The summed E-state index contributed by atoms with van der Waals surface area (Å²) in [6, 6.07) is 26.9. The summed E-state index contributed by atoms with van der Waals surface area (Å²) in [5, 5.41) is 1.16. The van der Waals surface area contributed by atoms with Crippen molar-refractivity contribution in [3.05, 3.63) is 102 Å². The maximum atomic E-state index is 13.1. The van der Waals surface area contributed by atoms with Gasteiger partial charge in [0.05, 0.1) is 5.69 Å². The topological polar surface area (TPSA) is 25.2 Å². The number of rotatable bonds is 4. The van der Waals surface area contributed by atoms with E-state index in [0.29, 0.717) is 6.54 Å². The highest BCUT2D eigenvalue weighted by molar-refractivity contribution is 6.36. The van der Waals surface area contributed by atoms with Gasteiger partial charge in [0, 0.05) is 46.9 Å². The Morgan fingerprint density at radius 1 is 0.862 bits per heavy atom. The van der Waals surface area contributed by atoms with Crippen molar-refractivity contribution in [1.29, 1.82) is 0 Å². The van der Waals surface area contributed by atoms with Crippen LogP contribution in [0.3, 0.4) is 0 Å². The number of likely N-dealkylation sites (N-methyl/N-ethyl adjacent to an activating group) is 1. The Balaban J connectivity index is 1.64. The molecule has 3 nitrogen and oxygen atoms in total. The number of hydrogen-bond acceptors (Lipinski definition) is 1. The largest absolute Gasteiger partial charge is 0.342 e. The molecule has 0 spiro atoms. The second kappa shape index (κ2) is 7.10. The molecule has 0 atom stereocenters. The zero-order valence-corrected chi connectivity index (χ0v) is 16.4. The number of carbonyl (C=O) groups excluding carboxylic acids is 1. The minimum atomic E-state index is 0.0774. The van der Waals surface area contributed by atoms with Crippen LogP contribution in [0.4, 0.5) is 5.69 Å². The first-order valence-electron chi connectivity index (χ1n) is 10.0. The van der Waals surface area contributed by atoms with E-state index < -0.39 is 0 Å². The molecule has 0 radical (unpaired) electrons. The van der Waals surface area contributed by atoms with Gasteiger partial charge in [-0.25, -0.2) is 0 Å². The van der Waals surface area contributed by atoms with Crippen LogP contribution in [0.5, 0.6) is 0 Å². The Morgan fingerprint density at radius 2 is 1.59 bits per heavy atom. The highest BCUT2D eigenvalue weighted by Gasteiger charge is 2.31. The molecule has 142 valence electrons. The lowest BCUT2D eigenvalue weighted by Gasteiger charge is -2.13. The van der Waals surface area contributed by atoms with Crippen molar-refractivity contribution >= 4 is 34.1 Å². The summed E-state index contributed by atoms with van der Waals surface area (Å²) in [6.45, 7) is 3.49. The van der Waals surface area contributed by atoms with Crippen LogP contribution in [-0.4, -0.2) is 17.0 Å². The number of hydrogen-bond donors (Lipinski definition) is 0. The van der Waals surface area contributed by atoms with E-state index in [1.165, 1.54) is 11.1 Å². The molecule has 1 aliphatic heterocycles. The van der Waals surface area contributed by atoms with Crippen LogP contribution >= 0.6 is 0 Å². The van der Waals surface area contributed by atoms with Crippen LogP contribution in [0.2, 0.25) is 0 Å². The van der Waals surface area contributed by atoms with Gasteiger partial charge in [0.1, 0.15) is 0 Å². The number of para-hydroxylation sites is 2. The smallest absolute Gasteiger partial charge is 0.258 e. The summed E-state index contributed by atoms with van der Waals surface area (Å²) < 4.78 is 2.26. The van der Waals surface area contributed by atoms with Crippen molar-refractivity contribution < 1.29 is 4.79 Å². The van der Waals surface area contributed by atoms with Crippen molar-refractivity contribution in [2.75, 3.05) is 11.4 Å². The van der Waals surface area contributed by atoms with Gasteiger partial charge in [-0.05, 0) is 30.7 Å². The zero-order valence-electron chi connectivity index (χ0n) is 16.4. The highest BCUT2D eigenvalue weighted by Crippen LogP contribution is 2.38. The van der Waals surface area contributed by atoms with Crippen LogP contribution in [0.15, 0.2) is 85.1 Å². The quantitative estimate of drug-likeness (QED) is 0.425. The Hall–Kier alpha value is -3.59. The van der Waals surface area contributed by atoms with Gasteiger partial charge in [-0.3, -0.25) is 4.79 Å². The molecule has 0 saturated carbocycles. The standard InChI is InChI=1S/C26H22N2O/c1-2-28-25-15-9-7-13-22(25)23(26(28)29)16-20-18-27(17-19-10-4-3-5-11-19)24-14-8-6-12-21(20)24/h3-16,18H,2,17H2,1H3/b23-16-. The van der Waals surface area contributed by atoms with Crippen LogP contribution < -0.4 is 4.90 Å². The normalized spacial score (nSPS) is 14.7. The molecule has 1 aromatic heterocycles. The average molecular weight is 378 g/mol. The predicted octanol–water partition coefficient (Wildman–Crippen LogP) is 5.60. The Morgan fingerprint density at radius 3 is 2.41 bits per heavy atom. The second-order valence-corrected chi connectivity index (χ2v) is 7.34. The molecular weight excluding hydrogens is 356 g/mol. The van der Waals surface area contributed by atoms with Gasteiger partial charge in [-0.1, -0.05) is 66.7 Å². The van der Waals surface area contributed by atoms with Crippen molar-refractivity contribution in [3.63, 3.8) is 0 Å². The lowest BCUT2D eigenvalue weighted by Crippen LogP contribution is -2.25.